The molecule has 3 rings (SSSR count). The van der Waals surface area contributed by atoms with Crippen molar-refractivity contribution in [1.82, 2.24) is 20.4 Å². The van der Waals surface area contributed by atoms with E-state index >= 15 is 0 Å². The summed E-state index contributed by atoms with van der Waals surface area (Å²) in [5, 5.41) is 6.74. The van der Waals surface area contributed by atoms with E-state index in [1.54, 1.807) is 0 Å². The van der Waals surface area contributed by atoms with E-state index in [0.717, 1.165) is 45.1 Å². The van der Waals surface area contributed by atoms with E-state index in [1.807, 2.05) is 0 Å². The van der Waals surface area contributed by atoms with Gasteiger partial charge in [0.25, 0.3) is 0 Å². The molecule has 0 atom stereocenters. The zero-order valence-electron chi connectivity index (χ0n) is 17.4. The average Bonchev–Trinajstić information content (AvgIpc) is 2.68. The van der Waals surface area contributed by atoms with Gasteiger partial charge in [-0.25, -0.2) is 0 Å². The van der Waals surface area contributed by atoms with E-state index in [9.17, 15) is 4.79 Å². The van der Waals surface area contributed by atoms with Crippen LogP contribution in [0.3, 0.4) is 0 Å². The van der Waals surface area contributed by atoms with Crippen molar-refractivity contribution in [2.24, 2.45) is 5.92 Å². The zero-order chi connectivity index (χ0) is 17.5. The topological polar surface area (TPSA) is 47.6 Å². The van der Waals surface area contributed by atoms with Gasteiger partial charge in [-0.1, -0.05) is 6.42 Å². The first kappa shape index (κ1) is 28.2. The maximum Gasteiger partial charge on any atom is 0.220 e. The minimum Gasteiger partial charge on any atom is -0.354 e. The van der Waals surface area contributed by atoms with Gasteiger partial charge in [-0.3, -0.25) is 9.69 Å². The number of hydrogen-bond acceptors (Lipinski definition) is 4. The van der Waals surface area contributed by atoms with E-state index in [2.05, 4.69) is 27.5 Å². The fourth-order valence-electron chi connectivity index (χ4n) is 4.86. The van der Waals surface area contributed by atoms with Gasteiger partial charge in [-0.15, -0.1) is 37.2 Å². The summed E-state index contributed by atoms with van der Waals surface area (Å²) in [5.74, 6) is 1.01. The van der Waals surface area contributed by atoms with E-state index in [4.69, 9.17) is 0 Å². The Labute approximate surface area is 190 Å². The predicted molar refractivity (Wildman–Crippen MR) is 124 cm³/mol. The van der Waals surface area contributed by atoms with Crippen LogP contribution in [0.25, 0.3) is 0 Å². The second kappa shape index (κ2) is 14.3. The van der Waals surface area contributed by atoms with Crippen LogP contribution in [0, 0.1) is 5.92 Å². The average molecular weight is 460 g/mol. The van der Waals surface area contributed by atoms with Crippen LogP contribution in [-0.2, 0) is 4.79 Å². The van der Waals surface area contributed by atoms with Crippen LogP contribution in [0.4, 0.5) is 0 Å². The predicted octanol–water partition coefficient (Wildman–Crippen LogP) is 3.10. The number of likely N-dealkylation sites (tertiary alicyclic amines) is 2. The number of amides is 1. The highest BCUT2D eigenvalue weighted by Crippen LogP contribution is 2.31. The molecule has 3 saturated heterocycles. The molecule has 3 aliphatic heterocycles. The third-order valence-corrected chi connectivity index (χ3v) is 6.80. The van der Waals surface area contributed by atoms with Crippen molar-refractivity contribution in [3.63, 3.8) is 0 Å². The highest BCUT2D eigenvalue weighted by molar-refractivity contribution is 5.86. The summed E-state index contributed by atoms with van der Waals surface area (Å²) in [4.78, 5) is 17.6. The number of nitrogens with one attached hydrogen (secondary N) is 2. The molecule has 2 N–H and O–H groups in total. The fourth-order valence-corrected chi connectivity index (χ4v) is 4.86. The number of halogens is 3. The Kier molecular flexibility index (Phi) is 14.4. The molecule has 5 nitrogen and oxygen atoms in total. The number of hydrogen-bond donors (Lipinski definition) is 2. The molecule has 8 heteroatoms. The van der Waals surface area contributed by atoms with Gasteiger partial charge in [0.05, 0.1) is 0 Å². The second-order valence-corrected chi connectivity index (χ2v) is 8.58. The van der Waals surface area contributed by atoms with Crippen molar-refractivity contribution in [2.45, 2.75) is 63.3 Å². The second-order valence-electron chi connectivity index (χ2n) is 8.58. The van der Waals surface area contributed by atoms with Crippen LogP contribution in [0.2, 0.25) is 0 Å². The minimum atomic E-state index is 0. The lowest BCUT2D eigenvalue weighted by atomic mass is 9.84. The first-order valence-corrected chi connectivity index (χ1v) is 10.6. The molecule has 0 bridgehead atoms. The highest BCUT2D eigenvalue weighted by Gasteiger charge is 2.39. The lowest BCUT2D eigenvalue weighted by Crippen LogP contribution is -2.61. The van der Waals surface area contributed by atoms with Gasteiger partial charge >= 0.3 is 0 Å². The van der Waals surface area contributed by atoms with Crippen LogP contribution in [0.5, 0.6) is 0 Å². The van der Waals surface area contributed by atoms with Gasteiger partial charge in [-0.05, 0) is 97.2 Å². The Morgan fingerprint density at radius 2 is 1.61 bits per heavy atom. The Morgan fingerprint density at radius 1 is 1.00 bits per heavy atom. The SMILES string of the molecule is CN1CCC(CNC(=O)CCC2CCNCC2)(N2CCCCC2)CC1.Cl.Cl.Cl. The smallest absolute Gasteiger partial charge is 0.220 e. The van der Waals surface area contributed by atoms with Crippen LogP contribution in [-0.4, -0.2) is 74.1 Å². The zero-order valence-corrected chi connectivity index (χ0v) is 19.9. The summed E-state index contributed by atoms with van der Waals surface area (Å²) < 4.78 is 0. The van der Waals surface area contributed by atoms with Crippen molar-refractivity contribution in [3.8, 4) is 0 Å². The van der Waals surface area contributed by atoms with Crippen LogP contribution < -0.4 is 10.6 Å². The molecule has 168 valence electrons. The van der Waals surface area contributed by atoms with Gasteiger partial charge in [-0.2, -0.15) is 0 Å². The van der Waals surface area contributed by atoms with E-state index in [-0.39, 0.29) is 48.7 Å². The van der Waals surface area contributed by atoms with Gasteiger partial charge in [0.1, 0.15) is 0 Å². The Hall–Kier alpha value is 0.220. The van der Waals surface area contributed by atoms with Crippen molar-refractivity contribution >= 4 is 43.1 Å². The Bertz CT molecular complexity index is 422. The van der Waals surface area contributed by atoms with Gasteiger partial charge in [0, 0.05) is 18.5 Å². The third-order valence-electron chi connectivity index (χ3n) is 6.80. The summed E-state index contributed by atoms with van der Waals surface area (Å²) in [6.45, 7) is 7.84. The van der Waals surface area contributed by atoms with Crippen LogP contribution >= 0.6 is 37.2 Å². The van der Waals surface area contributed by atoms with Crippen LogP contribution in [0.1, 0.15) is 57.8 Å². The standard InChI is InChI=1S/C20H38N4O.3ClH/c1-23-15-9-20(10-16-23,24-13-3-2-4-14-24)17-22-19(25)6-5-18-7-11-21-12-8-18;;;/h18,21H,2-17H2,1H3,(H,22,25);3*1H. The maximum atomic E-state index is 12.5. The molecule has 1 amide bonds. The van der Waals surface area contributed by atoms with Crippen LogP contribution in [0.15, 0.2) is 0 Å². The maximum absolute atomic E-state index is 12.5. The molecule has 0 spiro atoms. The number of nitrogens with zero attached hydrogens (tertiary/aromatic N) is 2. The lowest BCUT2D eigenvalue weighted by Gasteiger charge is -2.50. The fraction of sp³-hybridized carbons (Fsp3) is 0.950. The van der Waals surface area contributed by atoms with Gasteiger partial charge in [0.2, 0.25) is 5.91 Å². The molecule has 0 radical (unpaired) electrons. The number of piperidine rings is 3. The molecular formula is C20H41Cl3N4O. The lowest BCUT2D eigenvalue weighted by molar-refractivity contribution is -0.122. The first-order valence-electron chi connectivity index (χ1n) is 10.6. The Balaban J connectivity index is 0.00000243. The number of carbonyl (C=O) groups is 1. The molecule has 0 unspecified atom stereocenters. The molecule has 0 saturated carbocycles. The van der Waals surface area contributed by atoms with E-state index in [0.29, 0.717) is 6.42 Å². The molecule has 0 aliphatic carbocycles. The van der Waals surface area contributed by atoms with E-state index < -0.39 is 0 Å². The van der Waals surface area contributed by atoms with E-state index in [1.165, 1.54) is 58.0 Å². The minimum absolute atomic E-state index is 0. The van der Waals surface area contributed by atoms with Crippen molar-refractivity contribution < 1.29 is 4.79 Å². The van der Waals surface area contributed by atoms with Crippen molar-refractivity contribution in [2.75, 3.05) is 52.9 Å². The van der Waals surface area contributed by atoms with Crippen molar-refractivity contribution in [1.29, 1.82) is 0 Å². The van der Waals surface area contributed by atoms with Crippen molar-refractivity contribution in [3.05, 3.63) is 0 Å². The summed E-state index contributed by atoms with van der Waals surface area (Å²) in [7, 11) is 2.22. The summed E-state index contributed by atoms with van der Waals surface area (Å²) in [6, 6.07) is 0. The molecule has 0 aromatic heterocycles. The summed E-state index contributed by atoms with van der Waals surface area (Å²) in [5.41, 5.74) is 0.206. The van der Waals surface area contributed by atoms with Gasteiger partial charge < -0.3 is 15.5 Å². The summed E-state index contributed by atoms with van der Waals surface area (Å²) in [6.07, 6.45) is 10.6. The molecule has 0 aromatic carbocycles. The Morgan fingerprint density at radius 3 is 2.21 bits per heavy atom. The summed E-state index contributed by atoms with van der Waals surface area (Å²) >= 11 is 0. The number of carbonyl (C=O) groups excluding carboxylic acids is 1. The normalized spacial score (nSPS) is 23.6. The molecule has 3 heterocycles. The number of rotatable bonds is 6. The molecule has 3 fully saturated rings. The van der Waals surface area contributed by atoms with Gasteiger partial charge in [0.15, 0.2) is 0 Å². The molecule has 28 heavy (non-hydrogen) atoms. The first-order chi connectivity index (χ1) is 12.2. The highest BCUT2D eigenvalue weighted by atomic mass is 35.5. The third kappa shape index (κ3) is 8.16. The molecular weight excluding hydrogens is 419 g/mol. The molecule has 3 aliphatic rings. The largest absolute Gasteiger partial charge is 0.354 e. The molecule has 0 aromatic rings. The monoisotopic (exact) mass is 458 g/mol. The quantitative estimate of drug-likeness (QED) is 0.641.